The topological polar surface area (TPSA) is 26.7 Å². The predicted molar refractivity (Wildman–Crippen MR) is 76.3 cm³/mol. The van der Waals surface area contributed by atoms with E-state index in [-0.39, 0.29) is 12.6 Å². The van der Waals surface area contributed by atoms with Crippen LogP contribution in [-0.2, 0) is 0 Å². The van der Waals surface area contributed by atoms with E-state index in [1.807, 2.05) is 18.2 Å². The summed E-state index contributed by atoms with van der Waals surface area (Å²) < 4.78 is 0. The fourth-order valence-electron chi connectivity index (χ4n) is 2.64. The van der Waals surface area contributed by atoms with Gasteiger partial charge in [0.1, 0.15) is 0 Å². The summed E-state index contributed by atoms with van der Waals surface area (Å²) in [4.78, 5) is 4.53. The van der Waals surface area contributed by atoms with Crippen LogP contribution in [-0.4, -0.2) is 49.3 Å². The first-order valence-electron chi connectivity index (χ1n) is 6.42. The highest BCUT2D eigenvalue weighted by Crippen LogP contribution is 2.27. The first-order chi connectivity index (χ1) is 8.61. The molecule has 1 saturated heterocycles. The van der Waals surface area contributed by atoms with Gasteiger partial charge in [0.05, 0.1) is 17.3 Å². The number of aliphatic hydroxyl groups excluding tert-OH is 1. The second-order valence-electron chi connectivity index (χ2n) is 5.24. The number of halogens is 1. The summed E-state index contributed by atoms with van der Waals surface area (Å²) in [6.45, 7) is 5.22. The highest BCUT2D eigenvalue weighted by Gasteiger charge is 2.26. The van der Waals surface area contributed by atoms with E-state index in [4.69, 9.17) is 11.6 Å². The largest absolute Gasteiger partial charge is 0.395 e. The Labute approximate surface area is 114 Å². The maximum Gasteiger partial charge on any atom is 0.0639 e. The second kappa shape index (κ2) is 5.91. The maximum absolute atomic E-state index is 9.51. The lowest BCUT2D eigenvalue weighted by Gasteiger charge is -2.29. The van der Waals surface area contributed by atoms with Gasteiger partial charge in [0.25, 0.3) is 0 Å². The number of aliphatic hydroxyl groups is 1. The number of anilines is 1. The molecule has 0 aliphatic carbocycles. The number of rotatable bonds is 2. The minimum absolute atomic E-state index is 0.172. The van der Waals surface area contributed by atoms with Gasteiger partial charge in [-0.1, -0.05) is 30.7 Å². The van der Waals surface area contributed by atoms with Gasteiger partial charge in [-0.3, -0.25) is 4.90 Å². The van der Waals surface area contributed by atoms with Crippen molar-refractivity contribution in [2.24, 2.45) is 5.92 Å². The van der Waals surface area contributed by atoms with Crippen LogP contribution < -0.4 is 4.90 Å². The van der Waals surface area contributed by atoms with Gasteiger partial charge in [-0.2, -0.15) is 0 Å². The smallest absolute Gasteiger partial charge is 0.0639 e. The maximum atomic E-state index is 9.51. The van der Waals surface area contributed by atoms with Crippen LogP contribution in [0.15, 0.2) is 24.3 Å². The van der Waals surface area contributed by atoms with Crippen molar-refractivity contribution in [3.8, 4) is 0 Å². The van der Waals surface area contributed by atoms with Crippen molar-refractivity contribution < 1.29 is 5.11 Å². The molecule has 1 N–H and O–H groups in total. The molecule has 1 aromatic rings. The summed E-state index contributed by atoms with van der Waals surface area (Å²) in [6, 6.07) is 8.10. The Morgan fingerprint density at radius 2 is 2.00 bits per heavy atom. The molecule has 0 radical (unpaired) electrons. The Kier molecular flexibility index (Phi) is 4.49. The Bertz CT molecular complexity index is 399. The van der Waals surface area contributed by atoms with E-state index in [0.29, 0.717) is 5.92 Å². The summed E-state index contributed by atoms with van der Waals surface area (Å²) in [5, 5.41) is 10.3. The lowest BCUT2D eigenvalue weighted by molar-refractivity contribution is 0.151. The SMILES string of the molecule is CC1CN(c2ccccc2Cl)CC(CO)N(C)C1. The van der Waals surface area contributed by atoms with Crippen LogP contribution in [0.1, 0.15) is 6.92 Å². The summed E-state index contributed by atoms with van der Waals surface area (Å²) in [5.74, 6) is 0.558. The molecule has 1 aliphatic rings. The number of hydrogen-bond acceptors (Lipinski definition) is 3. The fourth-order valence-corrected chi connectivity index (χ4v) is 2.90. The van der Waals surface area contributed by atoms with Gasteiger partial charge in [0, 0.05) is 25.7 Å². The van der Waals surface area contributed by atoms with Gasteiger partial charge in [-0.25, -0.2) is 0 Å². The minimum Gasteiger partial charge on any atom is -0.395 e. The highest BCUT2D eigenvalue weighted by molar-refractivity contribution is 6.33. The number of para-hydroxylation sites is 1. The van der Waals surface area contributed by atoms with Gasteiger partial charge in [-0.05, 0) is 25.1 Å². The van der Waals surface area contributed by atoms with E-state index < -0.39 is 0 Å². The predicted octanol–water partition coefficient (Wildman–Crippen LogP) is 2.09. The Morgan fingerprint density at radius 3 is 2.67 bits per heavy atom. The van der Waals surface area contributed by atoms with Crippen LogP contribution in [0.4, 0.5) is 5.69 Å². The summed E-state index contributed by atoms with van der Waals surface area (Å²) in [5.41, 5.74) is 1.07. The van der Waals surface area contributed by atoms with Crippen LogP contribution in [0.3, 0.4) is 0 Å². The second-order valence-corrected chi connectivity index (χ2v) is 5.64. The van der Waals surface area contributed by atoms with Gasteiger partial charge in [0.15, 0.2) is 0 Å². The Morgan fingerprint density at radius 1 is 1.28 bits per heavy atom. The molecule has 3 nitrogen and oxygen atoms in total. The van der Waals surface area contributed by atoms with Crippen molar-refractivity contribution in [3.63, 3.8) is 0 Å². The molecule has 1 heterocycles. The molecule has 2 rings (SSSR count). The molecule has 2 unspecified atom stereocenters. The molecule has 0 bridgehead atoms. The average molecular weight is 269 g/mol. The zero-order chi connectivity index (χ0) is 13.1. The standard InChI is InChI=1S/C14H21ClN2O/c1-11-7-16(2)12(10-18)9-17(8-11)14-6-4-3-5-13(14)15/h3-6,11-12,18H,7-10H2,1-2H3. The van der Waals surface area contributed by atoms with E-state index in [1.165, 1.54) is 0 Å². The number of benzene rings is 1. The minimum atomic E-state index is 0.172. The molecule has 0 amide bonds. The van der Waals surface area contributed by atoms with Gasteiger partial charge < -0.3 is 10.0 Å². The molecule has 100 valence electrons. The van der Waals surface area contributed by atoms with Crippen molar-refractivity contribution in [1.82, 2.24) is 4.90 Å². The summed E-state index contributed by atoms with van der Waals surface area (Å²) >= 11 is 6.27. The van der Waals surface area contributed by atoms with E-state index in [1.54, 1.807) is 0 Å². The molecule has 2 atom stereocenters. The molecular formula is C14H21ClN2O. The van der Waals surface area contributed by atoms with E-state index in [9.17, 15) is 5.11 Å². The first-order valence-corrected chi connectivity index (χ1v) is 6.80. The normalized spacial score (nSPS) is 26.1. The summed E-state index contributed by atoms with van der Waals surface area (Å²) in [7, 11) is 2.08. The summed E-state index contributed by atoms with van der Waals surface area (Å²) in [6.07, 6.45) is 0. The van der Waals surface area contributed by atoms with Gasteiger partial charge in [-0.15, -0.1) is 0 Å². The third kappa shape index (κ3) is 2.97. The zero-order valence-electron chi connectivity index (χ0n) is 11.0. The number of likely N-dealkylation sites (N-methyl/N-ethyl adjacent to an activating group) is 1. The molecule has 0 aromatic heterocycles. The molecule has 4 heteroatoms. The molecule has 0 spiro atoms. The Balaban J connectivity index is 2.24. The third-order valence-corrected chi connectivity index (χ3v) is 3.91. The quantitative estimate of drug-likeness (QED) is 0.890. The lowest BCUT2D eigenvalue weighted by Crippen LogP contribution is -2.41. The molecule has 0 saturated carbocycles. The number of nitrogens with zero attached hydrogens (tertiary/aromatic N) is 2. The molecule has 1 aromatic carbocycles. The lowest BCUT2D eigenvalue weighted by atomic mass is 10.1. The van der Waals surface area contributed by atoms with E-state index >= 15 is 0 Å². The van der Waals surface area contributed by atoms with Gasteiger partial charge >= 0.3 is 0 Å². The first kappa shape index (κ1) is 13.7. The van der Waals surface area contributed by atoms with E-state index in [2.05, 4.69) is 29.8 Å². The van der Waals surface area contributed by atoms with Crippen LogP contribution in [0, 0.1) is 5.92 Å². The van der Waals surface area contributed by atoms with Gasteiger partial charge in [0.2, 0.25) is 0 Å². The van der Waals surface area contributed by atoms with Crippen molar-refractivity contribution in [2.45, 2.75) is 13.0 Å². The average Bonchev–Trinajstić information content (AvgIpc) is 2.48. The van der Waals surface area contributed by atoms with Crippen LogP contribution >= 0.6 is 11.6 Å². The van der Waals surface area contributed by atoms with Crippen LogP contribution in [0.5, 0.6) is 0 Å². The molecule has 1 aliphatic heterocycles. The van der Waals surface area contributed by atoms with Crippen molar-refractivity contribution >= 4 is 17.3 Å². The number of hydrogen-bond donors (Lipinski definition) is 1. The molecular weight excluding hydrogens is 248 g/mol. The third-order valence-electron chi connectivity index (χ3n) is 3.59. The Hall–Kier alpha value is -0.770. The van der Waals surface area contributed by atoms with Crippen molar-refractivity contribution in [3.05, 3.63) is 29.3 Å². The monoisotopic (exact) mass is 268 g/mol. The fraction of sp³-hybridized carbons (Fsp3) is 0.571. The van der Waals surface area contributed by atoms with E-state index in [0.717, 1.165) is 30.3 Å². The van der Waals surface area contributed by atoms with Crippen molar-refractivity contribution in [2.75, 3.05) is 38.2 Å². The van der Waals surface area contributed by atoms with Crippen LogP contribution in [0.25, 0.3) is 0 Å². The van der Waals surface area contributed by atoms with Crippen LogP contribution in [0.2, 0.25) is 5.02 Å². The van der Waals surface area contributed by atoms with Crippen molar-refractivity contribution in [1.29, 1.82) is 0 Å². The zero-order valence-corrected chi connectivity index (χ0v) is 11.8. The molecule has 1 fully saturated rings. The highest BCUT2D eigenvalue weighted by atomic mass is 35.5. The molecule has 18 heavy (non-hydrogen) atoms.